The van der Waals surface area contributed by atoms with Crippen molar-refractivity contribution >= 4 is 16.9 Å². The van der Waals surface area contributed by atoms with Crippen molar-refractivity contribution in [1.82, 2.24) is 4.57 Å². The SMILES string of the molecule is COc1cc(OC)c2ccn(CC(=O)OC3CCC(C)CC3)c2c1. The number of hydrogen-bond donors (Lipinski definition) is 0. The third-order valence-corrected chi connectivity index (χ3v) is 4.84. The summed E-state index contributed by atoms with van der Waals surface area (Å²) in [6.45, 7) is 2.46. The van der Waals surface area contributed by atoms with Gasteiger partial charge in [-0.3, -0.25) is 4.79 Å². The summed E-state index contributed by atoms with van der Waals surface area (Å²) in [5, 5.41) is 0.956. The first-order valence-electron chi connectivity index (χ1n) is 8.51. The minimum absolute atomic E-state index is 0.0691. The van der Waals surface area contributed by atoms with Gasteiger partial charge in [0, 0.05) is 23.7 Å². The molecule has 0 unspecified atom stereocenters. The van der Waals surface area contributed by atoms with Gasteiger partial charge >= 0.3 is 5.97 Å². The Morgan fingerprint density at radius 3 is 2.58 bits per heavy atom. The largest absolute Gasteiger partial charge is 0.497 e. The summed E-state index contributed by atoms with van der Waals surface area (Å²) in [5.74, 6) is 1.99. The Labute approximate surface area is 142 Å². The van der Waals surface area contributed by atoms with Crippen molar-refractivity contribution < 1.29 is 19.0 Å². The molecule has 0 radical (unpaired) electrons. The smallest absolute Gasteiger partial charge is 0.326 e. The number of carbonyl (C=O) groups is 1. The number of hydrogen-bond acceptors (Lipinski definition) is 4. The van der Waals surface area contributed by atoms with Crippen molar-refractivity contribution in [2.24, 2.45) is 5.92 Å². The van der Waals surface area contributed by atoms with Gasteiger partial charge < -0.3 is 18.8 Å². The highest BCUT2D eigenvalue weighted by atomic mass is 16.5. The van der Waals surface area contributed by atoms with Crippen molar-refractivity contribution in [3.05, 3.63) is 24.4 Å². The average Bonchev–Trinajstić information content (AvgIpc) is 2.98. The number of carbonyl (C=O) groups excluding carboxylic acids is 1. The zero-order valence-electron chi connectivity index (χ0n) is 14.6. The van der Waals surface area contributed by atoms with Crippen LogP contribution in [-0.4, -0.2) is 30.9 Å². The first kappa shape index (κ1) is 16.7. The molecular formula is C19H25NO4. The van der Waals surface area contributed by atoms with E-state index in [1.165, 1.54) is 0 Å². The van der Waals surface area contributed by atoms with E-state index in [2.05, 4.69) is 6.92 Å². The molecule has 2 aromatic rings. The van der Waals surface area contributed by atoms with E-state index in [1.807, 2.05) is 29.0 Å². The molecule has 1 aromatic heterocycles. The number of ether oxygens (including phenoxy) is 3. The Morgan fingerprint density at radius 1 is 1.17 bits per heavy atom. The number of rotatable bonds is 5. The van der Waals surface area contributed by atoms with Crippen LogP contribution in [0.1, 0.15) is 32.6 Å². The van der Waals surface area contributed by atoms with E-state index in [9.17, 15) is 4.79 Å². The van der Waals surface area contributed by atoms with Crippen molar-refractivity contribution in [3.63, 3.8) is 0 Å². The maximum absolute atomic E-state index is 12.3. The molecule has 1 aromatic carbocycles. The third-order valence-electron chi connectivity index (χ3n) is 4.84. The molecule has 0 atom stereocenters. The van der Waals surface area contributed by atoms with E-state index >= 15 is 0 Å². The van der Waals surface area contributed by atoms with Crippen LogP contribution in [0.2, 0.25) is 0 Å². The fourth-order valence-corrected chi connectivity index (χ4v) is 3.37. The second-order valence-electron chi connectivity index (χ2n) is 6.58. The zero-order chi connectivity index (χ0) is 17.1. The normalized spacial score (nSPS) is 20.8. The molecular weight excluding hydrogens is 306 g/mol. The van der Waals surface area contributed by atoms with Gasteiger partial charge in [0.25, 0.3) is 0 Å². The van der Waals surface area contributed by atoms with Gasteiger partial charge in [0.2, 0.25) is 0 Å². The summed E-state index contributed by atoms with van der Waals surface area (Å²) < 4.78 is 18.3. The molecule has 1 saturated carbocycles. The molecule has 1 aliphatic carbocycles. The van der Waals surface area contributed by atoms with Crippen molar-refractivity contribution in [1.29, 1.82) is 0 Å². The molecule has 0 aliphatic heterocycles. The highest BCUT2D eigenvalue weighted by Gasteiger charge is 2.22. The fourth-order valence-electron chi connectivity index (χ4n) is 3.37. The molecule has 3 rings (SSSR count). The summed E-state index contributed by atoms with van der Waals surface area (Å²) >= 11 is 0. The van der Waals surface area contributed by atoms with Gasteiger partial charge in [0.1, 0.15) is 24.1 Å². The summed E-state index contributed by atoms with van der Waals surface area (Å²) in [4.78, 5) is 12.3. The number of nitrogens with zero attached hydrogens (tertiary/aromatic N) is 1. The monoisotopic (exact) mass is 331 g/mol. The standard InChI is InChI=1S/C19H25NO4/c1-13-4-6-14(7-5-13)24-19(21)12-20-9-8-16-17(20)10-15(22-2)11-18(16)23-3/h8-11,13-14H,4-7,12H2,1-3H3. The van der Waals surface area contributed by atoms with Crippen LogP contribution in [-0.2, 0) is 16.1 Å². The second kappa shape index (κ2) is 7.16. The molecule has 0 N–H and O–H groups in total. The molecule has 130 valence electrons. The number of fused-ring (bicyclic) bond motifs is 1. The number of methoxy groups -OCH3 is 2. The van der Waals surface area contributed by atoms with Gasteiger partial charge in [-0.25, -0.2) is 0 Å². The molecule has 0 bridgehead atoms. The van der Waals surface area contributed by atoms with Crippen LogP contribution in [0.25, 0.3) is 10.9 Å². The predicted molar refractivity (Wildman–Crippen MR) is 92.6 cm³/mol. The Bertz CT molecular complexity index is 713. The van der Waals surface area contributed by atoms with Gasteiger partial charge in [-0.05, 0) is 37.7 Å². The van der Waals surface area contributed by atoms with Crippen molar-refractivity contribution in [2.45, 2.75) is 45.3 Å². The van der Waals surface area contributed by atoms with E-state index in [4.69, 9.17) is 14.2 Å². The molecule has 24 heavy (non-hydrogen) atoms. The average molecular weight is 331 g/mol. The summed E-state index contributed by atoms with van der Waals surface area (Å²) in [5.41, 5.74) is 0.903. The number of aromatic nitrogens is 1. The Morgan fingerprint density at radius 2 is 1.92 bits per heavy atom. The minimum Gasteiger partial charge on any atom is -0.497 e. The Balaban J connectivity index is 1.74. The van der Waals surface area contributed by atoms with Crippen molar-refractivity contribution in [3.8, 4) is 11.5 Å². The predicted octanol–water partition coefficient (Wildman–Crippen LogP) is 3.78. The maximum Gasteiger partial charge on any atom is 0.326 e. The van der Waals surface area contributed by atoms with Gasteiger partial charge in [0.15, 0.2) is 0 Å². The molecule has 1 aliphatic rings. The lowest BCUT2D eigenvalue weighted by Gasteiger charge is -2.26. The fraction of sp³-hybridized carbons (Fsp3) is 0.526. The van der Waals surface area contributed by atoms with Gasteiger partial charge in [-0.2, -0.15) is 0 Å². The van der Waals surface area contributed by atoms with Crippen LogP contribution >= 0.6 is 0 Å². The van der Waals surface area contributed by atoms with Crippen LogP contribution in [0, 0.1) is 5.92 Å². The first-order chi connectivity index (χ1) is 11.6. The lowest BCUT2D eigenvalue weighted by atomic mass is 9.89. The van der Waals surface area contributed by atoms with Crippen LogP contribution in [0.5, 0.6) is 11.5 Å². The summed E-state index contributed by atoms with van der Waals surface area (Å²) in [7, 11) is 3.25. The number of esters is 1. The molecule has 5 heteroatoms. The Kier molecular flexibility index (Phi) is 4.97. The summed E-state index contributed by atoms with van der Waals surface area (Å²) in [6.07, 6.45) is 6.18. The van der Waals surface area contributed by atoms with E-state index in [1.54, 1.807) is 14.2 Å². The van der Waals surface area contributed by atoms with Gasteiger partial charge in [0.05, 0.1) is 19.7 Å². The van der Waals surface area contributed by atoms with Crippen LogP contribution < -0.4 is 9.47 Å². The maximum atomic E-state index is 12.3. The molecule has 0 spiro atoms. The van der Waals surface area contributed by atoms with Crippen molar-refractivity contribution in [2.75, 3.05) is 14.2 Å². The highest BCUT2D eigenvalue weighted by molar-refractivity contribution is 5.89. The van der Waals surface area contributed by atoms with E-state index in [0.29, 0.717) is 5.75 Å². The third kappa shape index (κ3) is 3.50. The van der Waals surface area contributed by atoms with E-state index < -0.39 is 0 Å². The molecule has 1 fully saturated rings. The topological polar surface area (TPSA) is 49.7 Å². The van der Waals surface area contributed by atoms with Gasteiger partial charge in [-0.1, -0.05) is 6.92 Å². The van der Waals surface area contributed by atoms with E-state index in [-0.39, 0.29) is 18.6 Å². The van der Waals surface area contributed by atoms with Crippen LogP contribution in [0.4, 0.5) is 0 Å². The van der Waals surface area contributed by atoms with Crippen LogP contribution in [0.3, 0.4) is 0 Å². The zero-order valence-corrected chi connectivity index (χ0v) is 14.6. The molecule has 0 saturated heterocycles. The molecule has 0 amide bonds. The molecule has 5 nitrogen and oxygen atoms in total. The number of benzene rings is 1. The quantitative estimate of drug-likeness (QED) is 0.782. The first-order valence-corrected chi connectivity index (χ1v) is 8.51. The minimum atomic E-state index is -0.186. The summed E-state index contributed by atoms with van der Waals surface area (Å²) in [6, 6.07) is 5.70. The lowest BCUT2D eigenvalue weighted by molar-refractivity contribution is -0.151. The molecule has 1 heterocycles. The van der Waals surface area contributed by atoms with Gasteiger partial charge in [-0.15, -0.1) is 0 Å². The Hall–Kier alpha value is -2.17. The second-order valence-corrected chi connectivity index (χ2v) is 6.58. The highest BCUT2D eigenvalue weighted by Crippen LogP contribution is 2.32. The van der Waals surface area contributed by atoms with Crippen LogP contribution in [0.15, 0.2) is 24.4 Å². The van der Waals surface area contributed by atoms with E-state index in [0.717, 1.165) is 48.3 Å². The lowest BCUT2D eigenvalue weighted by Crippen LogP contribution is -2.25.